The van der Waals surface area contributed by atoms with E-state index in [9.17, 15) is 0 Å². The zero-order chi connectivity index (χ0) is 30.5. The molecule has 1 radical (unpaired) electrons. The molecule has 0 aromatic carbocycles. The summed E-state index contributed by atoms with van der Waals surface area (Å²) < 4.78 is 30.0. The summed E-state index contributed by atoms with van der Waals surface area (Å²) in [6.07, 6.45) is 23.5. The van der Waals surface area contributed by atoms with Gasteiger partial charge in [-0.05, 0) is 93.7 Å². The monoisotopic (exact) mass is 644 g/mol. The van der Waals surface area contributed by atoms with E-state index < -0.39 is 0 Å². The van der Waals surface area contributed by atoms with Gasteiger partial charge in [-0.1, -0.05) is 48.5 Å². The van der Waals surface area contributed by atoms with E-state index in [1.165, 1.54) is 43.4 Å². The third kappa shape index (κ3) is 50.1. The molecule has 0 spiro atoms. The Bertz CT molecular complexity index is 424. The molecule has 0 aromatic rings. The average molecular weight is 645 g/mol. The smallest absolute Gasteiger partial charge is 0 e. The van der Waals surface area contributed by atoms with Crippen molar-refractivity contribution in [3.8, 4) is 0 Å². The first-order valence-corrected chi connectivity index (χ1v) is 21.2. The van der Waals surface area contributed by atoms with Gasteiger partial charge in [0.15, 0.2) is 0 Å². The van der Waals surface area contributed by atoms with Crippen LogP contribution < -0.4 is 0 Å². The zero-order valence-electron chi connectivity index (χ0n) is 25.9. The molecule has 38 heavy (non-hydrogen) atoms. The molecule has 1 unspecified atom stereocenters. The van der Waals surface area contributed by atoms with Crippen molar-refractivity contribution in [1.82, 2.24) is 0 Å². The summed E-state index contributed by atoms with van der Waals surface area (Å²) in [5.74, 6) is 0.759. The van der Waals surface area contributed by atoms with Crippen LogP contribution in [0.2, 0.25) is 0 Å². The average Bonchev–Trinajstić information content (AvgIpc) is 2.97. The molecule has 1 atom stereocenters. The molecular weight excluding hydrogens is 587 g/mol. The van der Waals surface area contributed by atoms with E-state index in [2.05, 4.69) is 95.1 Å². The second-order valence-corrected chi connectivity index (χ2v) is 20.0. The van der Waals surface area contributed by atoms with Crippen molar-refractivity contribution in [3.05, 3.63) is 33.0 Å². The SMILES string of the molecule is CCP(C)CCCP(CCCP(CC)CC)CCCP(CC)CC.C[CH-]C(C)C.[C-]#[O+].[C-]#[O+].[C-]#[O+].[C-]#[O+].[V]. The third-order valence-electron chi connectivity index (χ3n) is 5.91. The van der Waals surface area contributed by atoms with Gasteiger partial charge >= 0.3 is 45.2 Å². The molecule has 0 aliphatic carbocycles. The van der Waals surface area contributed by atoms with E-state index in [1.807, 2.05) is 0 Å². The van der Waals surface area contributed by atoms with E-state index in [4.69, 9.17) is 18.6 Å². The summed E-state index contributed by atoms with van der Waals surface area (Å²) in [5, 5.41) is 0. The van der Waals surface area contributed by atoms with Gasteiger partial charge in [-0.2, -0.15) is 12.8 Å². The summed E-state index contributed by atoms with van der Waals surface area (Å²) in [7, 11) is 1.46. The van der Waals surface area contributed by atoms with Gasteiger partial charge in [0, 0.05) is 18.6 Å². The summed E-state index contributed by atoms with van der Waals surface area (Å²) in [6.45, 7) is 38.9. The Morgan fingerprint density at radius 2 is 0.763 bits per heavy atom. The van der Waals surface area contributed by atoms with Crippen LogP contribution in [-0.2, 0) is 37.2 Å². The van der Waals surface area contributed by atoms with E-state index in [0.29, 0.717) is 31.7 Å². The molecule has 0 fully saturated rings. The predicted molar refractivity (Wildman–Crippen MR) is 170 cm³/mol. The Morgan fingerprint density at radius 3 is 0.974 bits per heavy atom. The van der Waals surface area contributed by atoms with Crippen molar-refractivity contribution in [1.29, 1.82) is 0 Å². The summed E-state index contributed by atoms with van der Waals surface area (Å²) in [4.78, 5) is 0. The summed E-state index contributed by atoms with van der Waals surface area (Å²) in [6, 6.07) is 0. The first kappa shape index (κ1) is 55.2. The van der Waals surface area contributed by atoms with Gasteiger partial charge in [0.1, 0.15) is 0 Å². The predicted octanol–water partition coefficient (Wildman–Crippen LogP) is 9.53. The standard InChI is InChI=1S/C20H46P4.C5H11.4CO.V/c1-7-21(6)15-12-18-24(19-13-16-22(8-2)9-3)20-14-17-23(10-4)11-5;1-4-5(2)3;4*1-2;/h7-20H2,1-6H3;4-5H,1-3H3;;;;;/q;-1;;;;;. The van der Waals surface area contributed by atoms with Crippen molar-refractivity contribution < 1.29 is 37.2 Å². The quantitative estimate of drug-likeness (QED) is 0.0810. The molecule has 0 amide bonds. The molecule has 0 aliphatic heterocycles. The second kappa shape index (κ2) is 54.4. The van der Waals surface area contributed by atoms with E-state index >= 15 is 0 Å². The topological polar surface area (TPSA) is 79.6 Å². The van der Waals surface area contributed by atoms with Crippen molar-refractivity contribution in [2.75, 3.05) is 74.4 Å². The molecule has 223 valence electrons. The molecule has 9 heteroatoms. The van der Waals surface area contributed by atoms with Crippen LogP contribution in [0, 0.1) is 38.9 Å². The zero-order valence-corrected chi connectivity index (χ0v) is 30.9. The third-order valence-corrected chi connectivity index (χ3v) is 16.4. The fourth-order valence-electron chi connectivity index (χ4n) is 3.17. The van der Waals surface area contributed by atoms with Crippen molar-refractivity contribution in [2.45, 2.75) is 74.7 Å². The largest absolute Gasteiger partial charge is 0 e. The van der Waals surface area contributed by atoms with E-state index in [0.717, 1.165) is 5.92 Å². The Morgan fingerprint density at radius 1 is 0.526 bits per heavy atom. The van der Waals surface area contributed by atoms with Gasteiger partial charge in [0.2, 0.25) is 0 Å². The minimum Gasteiger partial charge on any atom is 0 e. The Kier molecular flexibility index (Phi) is 79.0. The van der Waals surface area contributed by atoms with Gasteiger partial charge in [-0.25, -0.2) is 0 Å². The summed E-state index contributed by atoms with van der Waals surface area (Å²) >= 11 is 0. The van der Waals surface area contributed by atoms with Crippen molar-refractivity contribution in [2.24, 2.45) is 5.92 Å². The first-order chi connectivity index (χ1) is 17.9. The van der Waals surface area contributed by atoms with E-state index in [1.54, 1.807) is 43.7 Å². The van der Waals surface area contributed by atoms with Crippen LogP contribution in [0.5, 0.6) is 0 Å². The van der Waals surface area contributed by atoms with Gasteiger partial charge in [-0.3, -0.25) is 0 Å². The minimum atomic E-state index is 0. The molecule has 0 aromatic heterocycles. The Labute approximate surface area is 256 Å². The second-order valence-electron chi connectivity index (χ2n) is 8.43. The van der Waals surface area contributed by atoms with Crippen LogP contribution in [0.4, 0.5) is 0 Å². The molecule has 0 aliphatic rings. The van der Waals surface area contributed by atoms with Crippen LogP contribution in [0.3, 0.4) is 0 Å². The molecule has 0 N–H and O–H groups in total. The molecule has 0 rings (SSSR count). The fourth-order valence-corrected chi connectivity index (χ4v) is 10.8. The maximum Gasteiger partial charge on any atom is 0 e. The Hall–Kier alpha value is 1.26. The van der Waals surface area contributed by atoms with Crippen molar-refractivity contribution >= 4 is 31.7 Å². The van der Waals surface area contributed by atoms with Crippen LogP contribution in [0.1, 0.15) is 74.7 Å². The molecule has 4 nitrogen and oxygen atoms in total. The Balaban J connectivity index is -0.000000116. The number of hydrogen-bond acceptors (Lipinski definition) is 0. The molecular formula is C29H57O4P4V-. The molecule has 0 heterocycles. The molecule has 0 saturated carbocycles. The van der Waals surface area contributed by atoms with Crippen LogP contribution in [0.25, 0.3) is 0 Å². The van der Waals surface area contributed by atoms with Gasteiger partial charge in [0.25, 0.3) is 0 Å². The number of hydrogen-bond donors (Lipinski definition) is 0. The number of rotatable bonds is 18. The normalized spacial score (nSPS) is 9.92. The summed E-state index contributed by atoms with van der Waals surface area (Å²) in [5.41, 5.74) is 0. The van der Waals surface area contributed by atoms with E-state index in [-0.39, 0.29) is 18.6 Å². The van der Waals surface area contributed by atoms with Gasteiger partial charge < -0.3 is 6.42 Å². The first-order valence-electron chi connectivity index (χ1n) is 13.3. The fraction of sp³-hybridized carbons (Fsp3) is 0.828. The molecule has 0 bridgehead atoms. The maximum absolute atomic E-state index is 7.50. The van der Waals surface area contributed by atoms with Gasteiger partial charge in [-0.15, -0.1) is 31.7 Å². The van der Waals surface area contributed by atoms with Crippen molar-refractivity contribution in [3.63, 3.8) is 0 Å². The minimum absolute atomic E-state index is 0. The maximum atomic E-state index is 7.50. The molecule has 0 saturated heterocycles. The van der Waals surface area contributed by atoms with Gasteiger partial charge in [0.05, 0.1) is 0 Å². The van der Waals surface area contributed by atoms with Crippen LogP contribution in [0.15, 0.2) is 0 Å². The van der Waals surface area contributed by atoms with Crippen LogP contribution in [-0.4, -0.2) is 74.4 Å². The van der Waals surface area contributed by atoms with Crippen LogP contribution >= 0.6 is 31.7 Å².